The minimum atomic E-state index is -1.31. The van der Waals surface area contributed by atoms with Crippen LogP contribution in [0.1, 0.15) is 13.8 Å². The molecule has 1 aromatic rings. The van der Waals surface area contributed by atoms with E-state index in [0.29, 0.717) is 5.75 Å². The lowest BCUT2D eigenvalue weighted by molar-refractivity contribution is -0.249. The van der Waals surface area contributed by atoms with E-state index >= 15 is 0 Å². The Morgan fingerprint density at radius 1 is 1.25 bits per heavy atom. The fraction of sp³-hybridized carbons (Fsp3) is 0.500. The average molecular weight is 339 g/mol. The third-order valence-electron chi connectivity index (χ3n) is 3.52. The predicted molar refractivity (Wildman–Crippen MR) is 82.0 cm³/mol. The summed E-state index contributed by atoms with van der Waals surface area (Å²) >= 11 is 0. The van der Waals surface area contributed by atoms with Crippen LogP contribution in [0.5, 0.6) is 5.75 Å². The highest BCUT2D eigenvalue weighted by Gasteiger charge is 2.48. The molecule has 0 aliphatic carbocycles. The summed E-state index contributed by atoms with van der Waals surface area (Å²) in [4.78, 5) is 22.9. The largest absolute Gasteiger partial charge is 0.463 e. The Morgan fingerprint density at radius 3 is 2.46 bits per heavy atom. The minimum Gasteiger partial charge on any atom is -0.463 e. The number of amides is 1. The molecule has 8 heteroatoms. The number of benzene rings is 1. The van der Waals surface area contributed by atoms with Gasteiger partial charge in [-0.2, -0.15) is 0 Å². The molecule has 0 bridgehead atoms. The molecular formula is C16H21NO7. The number of aliphatic hydroxyl groups is 2. The van der Waals surface area contributed by atoms with Crippen LogP contribution in [0.3, 0.4) is 0 Å². The van der Waals surface area contributed by atoms with Gasteiger partial charge in [0.25, 0.3) is 0 Å². The van der Waals surface area contributed by atoms with Gasteiger partial charge in [0.2, 0.25) is 12.2 Å². The monoisotopic (exact) mass is 339 g/mol. The zero-order valence-corrected chi connectivity index (χ0v) is 13.4. The van der Waals surface area contributed by atoms with Gasteiger partial charge in [0, 0.05) is 13.8 Å². The highest BCUT2D eigenvalue weighted by molar-refractivity contribution is 5.73. The molecule has 1 heterocycles. The molecule has 132 valence electrons. The summed E-state index contributed by atoms with van der Waals surface area (Å²) in [6.45, 7) is 1.98. The Hall–Kier alpha value is -2.16. The predicted octanol–water partition coefficient (Wildman–Crippen LogP) is -0.420. The highest BCUT2D eigenvalue weighted by atomic mass is 16.7. The van der Waals surface area contributed by atoms with Crippen LogP contribution in [-0.4, -0.2) is 59.3 Å². The molecule has 1 aliphatic rings. The quantitative estimate of drug-likeness (QED) is 0.624. The first-order valence-electron chi connectivity index (χ1n) is 7.52. The number of para-hydroxylation sites is 1. The maximum absolute atomic E-state index is 11.5. The summed E-state index contributed by atoms with van der Waals surface area (Å²) in [6.07, 6.45) is -4.51. The summed E-state index contributed by atoms with van der Waals surface area (Å²) in [5, 5.41) is 22.2. The third-order valence-corrected chi connectivity index (χ3v) is 3.52. The van der Waals surface area contributed by atoms with E-state index < -0.39 is 49.1 Å². The molecular weight excluding hydrogens is 318 g/mol. The zero-order chi connectivity index (χ0) is 17.7. The van der Waals surface area contributed by atoms with Crippen LogP contribution in [0.25, 0.3) is 0 Å². The van der Waals surface area contributed by atoms with Gasteiger partial charge < -0.3 is 29.7 Å². The number of hydrogen-bond acceptors (Lipinski definition) is 7. The molecule has 1 aliphatic heterocycles. The van der Waals surface area contributed by atoms with Crippen molar-refractivity contribution < 1.29 is 34.0 Å². The molecule has 8 nitrogen and oxygen atoms in total. The lowest BCUT2D eigenvalue weighted by Gasteiger charge is -2.43. The van der Waals surface area contributed by atoms with Crippen LogP contribution in [0.4, 0.5) is 0 Å². The van der Waals surface area contributed by atoms with Gasteiger partial charge in [-0.05, 0) is 12.1 Å². The third kappa shape index (κ3) is 4.44. The summed E-state index contributed by atoms with van der Waals surface area (Å²) in [7, 11) is 0. The standard InChI is InChI=1S/C16H21NO7/c1-9(19)17-13-15(22-10(2)20)14(21)12(8-18)24-16(13)23-11-6-4-3-5-7-11/h3-7,12-16,18,21H,8H2,1-2H3,(H,17,19)/t12-,13+,14+,15-,16-/m1/s1. The van der Waals surface area contributed by atoms with Crippen LogP contribution in [0, 0.1) is 0 Å². The van der Waals surface area contributed by atoms with Crippen molar-refractivity contribution in [2.45, 2.75) is 44.5 Å². The number of rotatable bonds is 5. The lowest BCUT2D eigenvalue weighted by Crippen LogP contribution is -2.66. The molecule has 0 aromatic heterocycles. The van der Waals surface area contributed by atoms with Crippen LogP contribution in [0.15, 0.2) is 30.3 Å². The van der Waals surface area contributed by atoms with E-state index in [9.17, 15) is 19.8 Å². The number of ether oxygens (including phenoxy) is 3. The molecule has 1 fully saturated rings. The first-order valence-corrected chi connectivity index (χ1v) is 7.52. The van der Waals surface area contributed by atoms with Gasteiger partial charge in [-0.15, -0.1) is 0 Å². The van der Waals surface area contributed by atoms with E-state index in [2.05, 4.69) is 5.32 Å². The number of nitrogens with one attached hydrogen (secondary N) is 1. The van der Waals surface area contributed by atoms with Crippen LogP contribution >= 0.6 is 0 Å². The van der Waals surface area contributed by atoms with Crippen molar-refractivity contribution in [1.29, 1.82) is 0 Å². The van der Waals surface area contributed by atoms with Crippen molar-refractivity contribution in [3.63, 3.8) is 0 Å². The van der Waals surface area contributed by atoms with Crippen molar-refractivity contribution in [1.82, 2.24) is 5.32 Å². The van der Waals surface area contributed by atoms with Crippen molar-refractivity contribution in [2.24, 2.45) is 0 Å². The van der Waals surface area contributed by atoms with Gasteiger partial charge in [0.15, 0.2) is 6.10 Å². The Morgan fingerprint density at radius 2 is 1.92 bits per heavy atom. The second kappa shape index (κ2) is 8.09. The van der Waals surface area contributed by atoms with E-state index in [1.807, 2.05) is 6.07 Å². The van der Waals surface area contributed by atoms with Crippen LogP contribution in [0.2, 0.25) is 0 Å². The molecule has 2 rings (SSSR count). The SMILES string of the molecule is CC(=O)N[C@@H]1[C@H](Oc2ccccc2)O[C@H](CO)[C@H](O)[C@@H]1OC(C)=O. The molecule has 5 atom stereocenters. The first kappa shape index (κ1) is 18.2. The topological polar surface area (TPSA) is 114 Å². The second-order valence-electron chi connectivity index (χ2n) is 5.45. The van der Waals surface area contributed by atoms with Crippen molar-refractivity contribution >= 4 is 11.9 Å². The Kier molecular flexibility index (Phi) is 6.13. The number of carbonyl (C=O) groups excluding carboxylic acids is 2. The van der Waals surface area contributed by atoms with Gasteiger partial charge in [-0.3, -0.25) is 9.59 Å². The highest BCUT2D eigenvalue weighted by Crippen LogP contribution is 2.26. The van der Waals surface area contributed by atoms with Gasteiger partial charge in [-0.1, -0.05) is 18.2 Å². The fourth-order valence-corrected chi connectivity index (χ4v) is 2.52. The van der Waals surface area contributed by atoms with E-state index in [1.54, 1.807) is 24.3 Å². The van der Waals surface area contributed by atoms with Gasteiger partial charge in [0.1, 0.15) is 24.0 Å². The molecule has 24 heavy (non-hydrogen) atoms. The second-order valence-corrected chi connectivity index (χ2v) is 5.45. The van der Waals surface area contributed by atoms with Crippen LogP contribution in [-0.2, 0) is 19.1 Å². The number of carbonyl (C=O) groups is 2. The summed E-state index contributed by atoms with van der Waals surface area (Å²) in [5.74, 6) is -0.573. The molecule has 1 saturated heterocycles. The van der Waals surface area contributed by atoms with Gasteiger partial charge in [-0.25, -0.2) is 0 Å². The van der Waals surface area contributed by atoms with Gasteiger partial charge >= 0.3 is 5.97 Å². The van der Waals surface area contributed by atoms with E-state index in [-0.39, 0.29) is 0 Å². The van der Waals surface area contributed by atoms with E-state index in [4.69, 9.17) is 14.2 Å². The lowest BCUT2D eigenvalue weighted by atomic mass is 9.96. The normalized spacial score (nSPS) is 29.6. The van der Waals surface area contributed by atoms with Gasteiger partial charge in [0.05, 0.1) is 6.61 Å². The molecule has 1 aromatic carbocycles. The maximum Gasteiger partial charge on any atom is 0.303 e. The van der Waals surface area contributed by atoms with Crippen molar-refractivity contribution in [3.05, 3.63) is 30.3 Å². The molecule has 0 radical (unpaired) electrons. The fourth-order valence-electron chi connectivity index (χ4n) is 2.52. The molecule has 1 amide bonds. The number of esters is 1. The number of hydrogen-bond donors (Lipinski definition) is 3. The van der Waals surface area contributed by atoms with Crippen molar-refractivity contribution in [3.8, 4) is 5.75 Å². The number of aliphatic hydroxyl groups excluding tert-OH is 2. The summed E-state index contributed by atoms with van der Waals surface area (Å²) in [6, 6.07) is 7.76. The summed E-state index contributed by atoms with van der Waals surface area (Å²) in [5.41, 5.74) is 0. The van der Waals surface area contributed by atoms with E-state index in [1.165, 1.54) is 13.8 Å². The zero-order valence-electron chi connectivity index (χ0n) is 13.4. The average Bonchev–Trinajstić information content (AvgIpc) is 2.53. The Bertz CT molecular complexity index is 565. The molecule has 3 N–H and O–H groups in total. The Balaban J connectivity index is 2.28. The van der Waals surface area contributed by atoms with E-state index in [0.717, 1.165) is 0 Å². The molecule has 0 saturated carbocycles. The minimum absolute atomic E-state index is 0.405. The molecule has 0 unspecified atom stereocenters. The smallest absolute Gasteiger partial charge is 0.303 e. The van der Waals surface area contributed by atoms with Crippen molar-refractivity contribution in [2.75, 3.05) is 6.61 Å². The van der Waals surface area contributed by atoms with Crippen LogP contribution < -0.4 is 10.1 Å². The maximum atomic E-state index is 11.5. The first-order chi connectivity index (χ1) is 11.4. The molecule has 0 spiro atoms. The Labute approximate surface area is 139 Å². The summed E-state index contributed by atoms with van der Waals surface area (Å²) < 4.78 is 16.4.